The fourth-order valence-electron chi connectivity index (χ4n) is 2.45. The Kier molecular flexibility index (Phi) is 2.30. The molecule has 1 aromatic rings. The fourth-order valence-corrected chi connectivity index (χ4v) is 2.45. The van der Waals surface area contributed by atoms with Crippen LogP contribution in [0.25, 0.3) is 0 Å². The number of benzene rings is 1. The van der Waals surface area contributed by atoms with Crippen molar-refractivity contribution in [3.8, 4) is 11.8 Å². The molecule has 3 atom stereocenters. The van der Waals surface area contributed by atoms with E-state index in [0.29, 0.717) is 12.2 Å². The molecule has 1 aliphatic carbocycles. The third-order valence-electron chi connectivity index (χ3n) is 3.61. The van der Waals surface area contributed by atoms with Gasteiger partial charge in [-0.1, -0.05) is 0 Å². The molecular formula is C13H13FN2O. The summed E-state index contributed by atoms with van der Waals surface area (Å²) < 4.78 is 19.5. The number of ether oxygens (including phenoxy) is 1. The molecule has 3 rings (SSSR count). The maximum Gasteiger partial charge on any atom is 0.127 e. The molecule has 3 nitrogen and oxygen atoms in total. The van der Waals surface area contributed by atoms with Crippen LogP contribution >= 0.6 is 0 Å². The number of likely N-dealkylation sites (N-methyl/N-ethyl adjacent to an activating group) is 1. The van der Waals surface area contributed by atoms with Crippen molar-refractivity contribution in [2.24, 2.45) is 5.92 Å². The van der Waals surface area contributed by atoms with Gasteiger partial charge < -0.3 is 10.1 Å². The molecule has 0 unspecified atom stereocenters. The van der Waals surface area contributed by atoms with E-state index in [1.165, 1.54) is 0 Å². The molecule has 17 heavy (non-hydrogen) atoms. The molecule has 1 N–H and O–H groups in total. The minimum absolute atomic E-state index is 0.0240. The van der Waals surface area contributed by atoms with Crippen LogP contribution in [-0.4, -0.2) is 13.7 Å². The summed E-state index contributed by atoms with van der Waals surface area (Å²) in [5, 5.41) is 11.9. The van der Waals surface area contributed by atoms with E-state index in [9.17, 15) is 4.39 Å². The highest BCUT2D eigenvalue weighted by Gasteiger charge is 2.41. The molecule has 0 amide bonds. The van der Waals surface area contributed by atoms with Gasteiger partial charge in [-0.3, -0.25) is 0 Å². The summed E-state index contributed by atoms with van der Waals surface area (Å²) in [6, 6.07) is 5.57. The first-order valence-electron chi connectivity index (χ1n) is 5.77. The lowest BCUT2D eigenvalue weighted by molar-refractivity contribution is 0.318. The highest BCUT2D eigenvalue weighted by atomic mass is 19.1. The zero-order valence-electron chi connectivity index (χ0n) is 9.53. The minimum Gasteiger partial charge on any atom is -0.491 e. The van der Waals surface area contributed by atoms with Crippen LogP contribution in [0.4, 0.5) is 4.39 Å². The van der Waals surface area contributed by atoms with Gasteiger partial charge in [0.1, 0.15) is 18.2 Å². The van der Waals surface area contributed by atoms with Crippen molar-refractivity contribution in [1.29, 1.82) is 5.26 Å². The average Bonchev–Trinajstić information content (AvgIpc) is 3.02. The van der Waals surface area contributed by atoms with Gasteiger partial charge >= 0.3 is 0 Å². The molecule has 1 fully saturated rings. The second-order valence-corrected chi connectivity index (χ2v) is 4.64. The smallest absolute Gasteiger partial charge is 0.127 e. The van der Waals surface area contributed by atoms with Crippen LogP contribution in [-0.2, 0) is 0 Å². The lowest BCUT2D eigenvalue weighted by atomic mass is 10.0. The molecule has 4 heteroatoms. The first-order valence-corrected chi connectivity index (χ1v) is 5.77. The van der Waals surface area contributed by atoms with Gasteiger partial charge in [0.2, 0.25) is 0 Å². The highest BCUT2D eigenvalue weighted by Crippen LogP contribution is 2.49. The predicted octanol–water partition coefficient (Wildman–Crippen LogP) is 2.11. The van der Waals surface area contributed by atoms with E-state index in [1.54, 1.807) is 12.1 Å². The molecule has 0 aromatic heterocycles. The van der Waals surface area contributed by atoms with Crippen LogP contribution in [0.3, 0.4) is 0 Å². The summed E-state index contributed by atoms with van der Waals surface area (Å²) in [5.41, 5.74) is 1.51. The van der Waals surface area contributed by atoms with E-state index in [4.69, 9.17) is 10.00 Å². The van der Waals surface area contributed by atoms with Crippen molar-refractivity contribution in [2.75, 3.05) is 13.7 Å². The van der Waals surface area contributed by atoms with Crippen molar-refractivity contribution in [1.82, 2.24) is 5.32 Å². The first-order chi connectivity index (χ1) is 8.24. The number of fused-ring (bicyclic) bond motifs is 1. The van der Waals surface area contributed by atoms with Crippen molar-refractivity contribution < 1.29 is 9.13 Å². The maximum atomic E-state index is 14.0. The molecule has 0 radical (unpaired) electrons. The van der Waals surface area contributed by atoms with Gasteiger partial charge in [-0.05, 0) is 31.2 Å². The number of hydrogen-bond donors (Lipinski definition) is 1. The van der Waals surface area contributed by atoms with E-state index in [0.717, 1.165) is 17.7 Å². The Hall–Kier alpha value is -1.60. The molecule has 0 spiro atoms. The van der Waals surface area contributed by atoms with Crippen LogP contribution in [0.5, 0.6) is 5.75 Å². The Bertz CT molecular complexity index is 509. The minimum atomic E-state index is -0.211. The predicted molar refractivity (Wildman–Crippen MR) is 60.2 cm³/mol. The van der Waals surface area contributed by atoms with Crippen LogP contribution < -0.4 is 10.1 Å². The van der Waals surface area contributed by atoms with Gasteiger partial charge in [-0.25, -0.2) is 4.39 Å². The summed E-state index contributed by atoms with van der Waals surface area (Å²) in [5.74, 6) is 0.577. The van der Waals surface area contributed by atoms with E-state index in [2.05, 4.69) is 11.4 Å². The standard InChI is InChI=1S/C13H13FN2O/c1-16-12-6-17-13-4-9(8-2-7(8)5-15)11(14)3-10(12)13/h3-4,7-8,12,16H,2,6H2,1H3/t7-,8+,12+/m0/s1. The van der Waals surface area contributed by atoms with Crippen molar-refractivity contribution in [3.63, 3.8) is 0 Å². The lowest BCUT2D eigenvalue weighted by Gasteiger charge is -2.08. The van der Waals surface area contributed by atoms with Gasteiger partial charge in [-0.15, -0.1) is 0 Å². The zero-order valence-corrected chi connectivity index (χ0v) is 9.53. The van der Waals surface area contributed by atoms with E-state index >= 15 is 0 Å². The average molecular weight is 232 g/mol. The molecule has 1 heterocycles. The van der Waals surface area contributed by atoms with Crippen molar-refractivity contribution >= 4 is 0 Å². The quantitative estimate of drug-likeness (QED) is 0.849. The fraction of sp³-hybridized carbons (Fsp3) is 0.462. The molecule has 1 aliphatic heterocycles. The van der Waals surface area contributed by atoms with Crippen LogP contribution in [0, 0.1) is 23.1 Å². The van der Waals surface area contributed by atoms with Crippen molar-refractivity contribution in [3.05, 3.63) is 29.1 Å². The molecule has 2 aliphatic rings. The third-order valence-corrected chi connectivity index (χ3v) is 3.61. The number of nitrogens with one attached hydrogen (secondary N) is 1. The first kappa shape index (κ1) is 10.5. The van der Waals surface area contributed by atoms with Gasteiger partial charge in [-0.2, -0.15) is 5.26 Å². The normalized spacial score (nSPS) is 29.4. The summed E-state index contributed by atoms with van der Waals surface area (Å²) in [6.07, 6.45) is 0.766. The number of halogens is 1. The Balaban J connectivity index is 1.97. The molecule has 1 aromatic carbocycles. The Morgan fingerprint density at radius 3 is 2.94 bits per heavy atom. The maximum absolute atomic E-state index is 14.0. The summed E-state index contributed by atoms with van der Waals surface area (Å²) in [6.45, 7) is 0.543. The monoisotopic (exact) mass is 232 g/mol. The van der Waals surface area contributed by atoms with Crippen LogP contribution in [0.1, 0.15) is 29.5 Å². The number of nitriles is 1. The van der Waals surface area contributed by atoms with Crippen molar-refractivity contribution in [2.45, 2.75) is 18.4 Å². The molecule has 1 saturated carbocycles. The van der Waals surface area contributed by atoms with E-state index < -0.39 is 0 Å². The van der Waals surface area contributed by atoms with E-state index in [-0.39, 0.29) is 23.7 Å². The van der Waals surface area contributed by atoms with Crippen LogP contribution in [0.15, 0.2) is 12.1 Å². The van der Waals surface area contributed by atoms with E-state index in [1.807, 2.05) is 7.05 Å². The lowest BCUT2D eigenvalue weighted by Crippen LogP contribution is -2.17. The van der Waals surface area contributed by atoms with Gasteiger partial charge in [0.15, 0.2) is 0 Å². The van der Waals surface area contributed by atoms with Gasteiger partial charge in [0, 0.05) is 11.5 Å². The third kappa shape index (κ3) is 1.58. The zero-order chi connectivity index (χ0) is 12.0. The summed E-state index contributed by atoms with van der Waals surface area (Å²) >= 11 is 0. The largest absolute Gasteiger partial charge is 0.491 e. The Labute approximate surface area is 99.2 Å². The summed E-state index contributed by atoms with van der Waals surface area (Å²) in [7, 11) is 1.83. The number of hydrogen-bond acceptors (Lipinski definition) is 3. The molecule has 0 saturated heterocycles. The Morgan fingerprint density at radius 2 is 2.29 bits per heavy atom. The molecular weight excluding hydrogens is 219 g/mol. The number of nitrogens with zero attached hydrogens (tertiary/aromatic N) is 1. The second-order valence-electron chi connectivity index (χ2n) is 4.64. The summed E-state index contributed by atoms with van der Waals surface area (Å²) in [4.78, 5) is 0. The SMILES string of the molecule is CN[C@@H]1COc2cc([C@@H]3C[C@H]3C#N)c(F)cc21. The molecule has 88 valence electrons. The molecule has 0 bridgehead atoms. The number of rotatable bonds is 2. The highest BCUT2D eigenvalue weighted by molar-refractivity contribution is 5.46. The topological polar surface area (TPSA) is 45.0 Å². The Morgan fingerprint density at radius 1 is 1.47 bits per heavy atom. The van der Waals surface area contributed by atoms with Crippen LogP contribution in [0.2, 0.25) is 0 Å². The van der Waals surface area contributed by atoms with Gasteiger partial charge in [0.05, 0.1) is 18.0 Å². The van der Waals surface area contributed by atoms with Gasteiger partial charge in [0.25, 0.3) is 0 Å². The second kappa shape index (κ2) is 3.71.